The molecule has 6 nitrogen and oxygen atoms in total. The van der Waals surface area contributed by atoms with Crippen molar-refractivity contribution in [3.8, 4) is 0 Å². The topological polar surface area (TPSA) is 73.8 Å². The molecule has 1 aliphatic heterocycles. The molecule has 1 fully saturated rings. The highest BCUT2D eigenvalue weighted by atomic mass is 16.2. The van der Waals surface area contributed by atoms with E-state index in [-0.39, 0.29) is 11.8 Å². The highest BCUT2D eigenvalue weighted by Crippen LogP contribution is 2.22. The van der Waals surface area contributed by atoms with E-state index >= 15 is 0 Å². The van der Waals surface area contributed by atoms with Crippen molar-refractivity contribution >= 4 is 29.4 Å². The predicted molar refractivity (Wildman–Crippen MR) is 108 cm³/mol. The number of rotatable bonds is 5. The van der Waals surface area contributed by atoms with Crippen molar-refractivity contribution in [3.63, 3.8) is 0 Å². The van der Waals surface area contributed by atoms with E-state index in [1.165, 1.54) is 25.5 Å². The summed E-state index contributed by atoms with van der Waals surface area (Å²) in [6.45, 7) is 5.71. The second-order valence-corrected chi connectivity index (χ2v) is 6.69. The minimum atomic E-state index is -0.299. The highest BCUT2D eigenvalue weighted by Gasteiger charge is 2.12. The maximum Gasteiger partial charge on any atom is 0.271 e. The van der Waals surface area contributed by atoms with Gasteiger partial charge in [0, 0.05) is 37.0 Å². The van der Waals surface area contributed by atoms with Crippen LogP contribution in [-0.4, -0.2) is 31.1 Å². The van der Waals surface area contributed by atoms with Crippen LogP contribution in [0.15, 0.2) is 47.6 Å². The van der Waals surface area contributed by atoms with Gasteiger partial charge in [-0.1, -0.05) is 6.07 Å². The Morgan fingerprint density at radius 2 is 1.78 bits per heavy atom. The molecule has 0 aromatic heterocycles. The zero-order chi connectivity index (χ0) is 19.2. The van der Waals surface area contributed by atoms with Gasteiger partial charge in [-0.15, -0.1) is 0 Å². The lowest BCUT2D eigenvalue weighted by molar-refractivity contribution is -0.114. The molecule has 0 saturated carbocycles. The molecule has 0 spiro atoms. The van der Waals surface area contributed by atoms with Gasteiger partial charge in [-0.05, 0) is 67.3 Å². The van der Waals surface area contributed by atoms with Crippen LogP contribution in [0.25, 0.3) is 0 Å². The van der Waals surface area contributed by atoms with Crippen LogP contribution in [0.2, 0.25) is 0 Å². The third-order valence-corrected chi connectivity index (χ3v) is 4.56. The first-order valence-electron chi connectivity index (χ1n) is 9.09. The maximum absolute atomic E-state index is 12.2. The SMILES string of the molecule is CC(=O)Nc1ccc(C(=O)NN=Cc2ccc(N3CCCC3)cc2C)cc1. The molecule has 0 bridgehead atoms. The average molecular weight is 364 g/mol. The fourth-order valence-corrected chi connectivity index (χ4v) is 3.11. The first kappa shape index (κ1) is 18.6. The molecule has 0 atom stereocenters. The van der Waals surface area contributed by atoms with E-state index in [1.54, 1.807) is 30.5 Å². The molecule has 0 aliphatic carbocycles. The number of benzene rings is 2. The molecule has 2 N–H and O–H groups in total. The van der Waals surface area contributed by atoms with Gasteiger partial charge in [0.25, 0.3) is 5.91 Å². The Morgan fingerprint density at radius 3 is 2.41 bits per heavy atom. The van der Waals surface area contributed by atoms with E-state index in [1.807, 2.05) is 13.0 Å². The van der Waals surface area contributed by atoms with Gasteiger partial charge < -0.3 is 10.2 Å². The summed E-state index contributed by atoms with van der Waals surface area (Å²) in [6.07, 6.45) is 4.16. The highest BCUT2D eigenvalue weighted by molar-refractivity contribution is 5.96. The van der Waals surface area contributed by atoms with Crippen LogP contribution in [-0.2, 0) is 4.79 Å². The monoisotopic (exact) mass is 364 g/mol. The molecule has 2 aromatic rings. The molecular formula is C21H24N4O2. The van der Waals surface area contributed by atoms with Gasteiger partial charge in [0.2, 0.25) is 5.91 Å². The van der Waals surface area contributed by atoms with E-state index < -0.39 is 0 Å². The zero-order valence-electron chi connectivity index (χ0n) is 15.7. The predicted octanol–water partition coefficient (Wildman–Crippen LogP) is 3.32. The molecule has 3 rings (SSSR count). The number of carbonyl (C=O) groups excluding carboxylic acids is 2. The summed E-state index contributed by atoms with van der Waals surface area (Å²) in [6, 6.07) is 12.9. The summed E-state index contributed by atoms with van der Waals surface area (Å²) in [4.78, 5) is 25.6. The van der Waals surface area contributed by atoms with Crippen molar-refractivity contribution in [3.05, 3.63) is 59.2 Å². The first-order chi connectivity index (χ1) is 13.0. The molecule has 2 amide bonds. The number of nitrogens with zero attached hydrogens (tertiary/aromatic N) is 2. The molecule has 0 radical (unpaired) electrons. The first-order valence-corrected chi connectivity index (χ1v) is 9.09. The van der Waals surface area contributed by atoms with Crippen molar-refractivity contribution in [1.29, 1.82) is 0 Å². The van der Waals surface area contributed by atoms with E-state index in [0.29, 0.717) is 11.3 Å². The van der Waals surface area contributed by atoms with Crippen LogP contribution in [0.1, 0.15) is 41.3 Å². The summed E-state index contributed by atoms with van der Waals surface area (Å²) < 4.78 is 0. The fourth-order valence-electron chi connectivity index (χ4n) is 3.11. The lowest BCUT2D eigenvalue weighted by atomic mass is 10.1. The molecule has 1 aliphatic rings. The van der Waals surface area contributed by atoms with Crippen LogP contribution in [0.4, 0.5) is 11.4 Å². The number of anilines is 2. The minimum Gasteiger partial charge on any atom is -0.372 e. The number of aryl methyl sites for hydroxylation is 1. The molecule has 1 saturated heterocycles. The Kier molecular flexibility index (Phi) is 5.86. The van der Waals surface area contributed by atoms with Gasteiger partial charge in [0.15, 0.2) is 0 Å². The standard InChI is InChI=1S/C21H24N4O2/c1-15-13-20(25-11-3-4-12-25)10-7-18(15)14-22-24-21(27)17-5-8-19(9-6-17)23-16(2)26/h5-10,13-14H,3-4,11-12H2,1-2H3,(H,23,26)(H,24,27). The van der Waals surface area contributed by atoms with Crippen molar-refractivity contribution in [2.24, 2.45) is 5.10 Å². The van der Waals surface area contributed by atoms with Gasteiger partial charge in [0.05, 0.1) is 6.21 Å². The number of hydrogen-bond acceptors (Lipinski definition) is 4. The quantitative estimate of drug-likeness (QED) is 0.631. The maximum atomic E-state index is 12.2. The molecule has 0 unspecified atom stereocenters. The van der Waals surface area contributed by atoms with Crippen LogP contribution >= 0.6 is 0 Å². The number of hydrazone groups is 1. The molecule has 1 heterocycles. The fraction of sp³-hybridized carbons (Fsp3) is 0.286. The van der Waals surface area contributed by atoms with Crippen LogP contribution in [0.5, 0.6) is 0 Å². The minimum absolute atomic E-state index is 0.150. The number of carbonyl (C=O) groups is 2. The summed E-state index contributed by atoms with van der Waals surface area (Å²) in [5.74, 6) is -0.449. The Morgan fingerprint density at radius 1 is 1.07 bits per heavy atom. The summed E-state index contributed by atoms with van der Waals surface area (Å²) >= 11 is 0. The van der Waals surface area contributed by atoms with Crippen LogP contribution < -0.4 is 15.6 Å². The number of hydrogen-bond donors (Lipinski definition) is 2. The van der Waals surface area contributed by atoms with E-state index in [0.717, 1.165) is 24.2 Å². The summed E-state index contributed by atoms with van der Waals surface area (Å²) in [5.41, 5.74) is 7.00. The number of amides is 2. The molecule has 6 heteroatoms. The third kappa shape index (κ3) is 4.94. The molecule has 140 valence electrons. The normalized spacial score (nSPS) is 13.8. The van der Waals surface area contributed by atoms with Crippen molar-refractivity contribution in [1.82, 2.24) is 5.43 Å². The van der Waals surface area contributed by atoms with Crippen LogP contribution in [0, 0.1) is 6.92 Å². The Balaban J connectivity index is 1.59. The summed E-state index contributed by atoms with van der Waals surface area (Å²) in [5, 5.41) is 6.73. The van der Waals surface area contributed by atoms with Crippen LogP contribution in [0.3, 0.4) is 0 Å². The lowest BCUT2D eigenvalue weighted by Gasteiger charge is -2.18. The Labute approximate surface area is 159 Å². The van der Waals surface area contributed by atoms with Gasteiger partial charge in [0.1, 0.15) is 0 Å². The number of nitrogens with one attached hydrogen (secondary N) is 2. The van der Waals surface area contributed by atoms with E-state index in [9.17, 15) is 9.59 Å². The Bertz CT molecular complexity index is 853. The zero-order valence-corrected chi connectivity index (χ0v) is 15.7. The second kappa shape index (κ2) is 8.49. The Hall–Kier alpha value is -3.15. The van der Waals surface area contributed by atoms with Gasteiger partial charge in [-0.2, -0.15) is 5.10 Å². The van der Waals surface area contributed by atoms with E-state index in [4.69, 9.17) is 0 Å². The smallest absolute Gasteiger partial charge is 0.271 e. The molecular weight excluding hydrogens is 340 g/mol. The van der Waals surface area contributed by atoms with Crippen molar-refractivity contribution < 1.29 is 9.59 Å². The van der Waals surface area contributed by atoms with Crippen molar-refractivity contribution in [2.45, 2.75) is 26.7 Å². The molecule has 27 heavy (non-hydrogen) atoms. The van der Waals surface area contributed by atoms with Crippen molar-refractivity contribution in [2.75, 3.05) is 23.3 Å². The third-order valence-electron chi connectivity index (χ3n) is 4.56. The van der Waals surface area contributed by atoms with E-state index in [2.05, 4.69) is 32.9 Å². The molecule has 2 aromatic carbocycles. The van der Waals surface area contributed by atoms with Gasteiger partial charge >= 0.3 is 0 Å². The summed E-state index contributed by atoms with van der Waals surface area (Å²) in [7, 11) is 0. The van der Waals surface area contributed by atoms with Gasteiger partial charge in [-0.3, -0.25) is 9.59 Å². The largest absolute Gasteiger partial charge is 0.372 e. The van der Waals surface area contributed by atoms with Gasteiger partial charge in [-0.25, -0.2) is 5.43 Å². The lowest BCUT2D eigenvalue weighted by Crippen LogP contribution is -2.18. The second-order valence-electron chi connectivity index (χ2n) is 6.69. The average Bonchev–Trinajstić information content (AvgIpc) is 3.18.